The molecular formula is C12H18N2O4S. The molecule has 1 aliphatic rings. The minimum atomic E-state index is -3.80. The highest BCUT2D eigenvalue weighted by Crippen LogP contribution is 2.24. The van der Waals surface area contributed by atoms with E-state index in [0.717, 1.165) is 25.7 Å². The van der Waals surface area contributed by atoms with Crippen LogP contribution in [0, 0.1) is 0 Å². The van der Waals surface area contributed by atoms with Gasteiger partial charge in [0.15, 0.2) is 0 Å². The maximum Gasteiger partial charge on any atom is 0.355 e. The van der Waals surface area contributed by atoms with Crippen LogP contribution in [0.25, 0.3) is 0 Å². The van der Waals surface area contributed by atoms with Crippen molar-refractivity contribution in [1.29, 1.82) is 0 Å². The summed E-state index contributed by atoms with van der Waals surface area (Å²) < 4.78 is 29.5. The lowest BCUT2D eigenvalue weighted by Crippen LogP contribution is -2.26. The van der Waals surface area contributed by atoms with Gasteiger partial charge in [-0.2, -0.15) is 0 Å². The number of sulfonamides is 1. The summed E-state index contributed by atoms with van der Waals surface area (Å²) in [7, 11) is -3.80. The third kappa shape index (κ3) is 3.16. The lowest BCUT2D eigenvalue weighted by Gasteiger charge is -2.25. The van der Waals surface area contributed by atoms with E-state index in [4.69, 9.17) is 9.88 Å². The van der Waals surface area contributed by atoms with E-state index >= 15 is 0 Å². The molecule has 7 heteroatoms. The average molecular weight is 286 g/mol. The zero-order valence-electron chi connectivity index (χ0n) is 10.8. The smallest absolute Gasteiger partial charge is 0.355 e. The first-order chi connectivity index (χ1) is 8.91. The Balaban J connectivity index is 2.25. The van der Waals surface area contributed by atoms with Crippen molar-refractivity contribution in [3.63, 3.8) is 0 Å². The van der Waals surface area contributed by atoms with Gasteiger partial charge in [-0.15, -0.1) is 0 Å². The highest BCUT2D eigenvalue weighted by atomic mass is 32.2. The van der Waals surface area contributed by atoms with Gasteiger partial charge >= 0.3 is 5.97 Å². The van der Waals surface area contributed by atoms with Gasteiger partial charge in [-0.1, -0.05) is 6.92 Å². The summed E-state index contributed by atoms with van der Waals surface area (Å²) in [5, 5.41) is 5.08. The second kappa shape index (κ2) is 5.34. The topological polar surface area (TPSA) is 91.4 Å². The summed E-state index contributed by atoms with van der Waals surface area (Å²) in [6.07, 6.45) is 4.95. The number of primary sulfonamides is 1. The van der Waals surface area contributed by atoms with Crippen LogP contribution in [0.5, 0.6) is 0 Å². The number of carbonyl (C=O) groups is 1. The van der Waals surface area contributed by atoms with E-state index in [9.17, 15) is 13.2 Å². The summed E-state index contributed by atoms with van der Waals surface area (Å²) in [4.78, 5) is 12.0. The van der Waals surface area contributed by atoms with Gasteiger partial charge in [-0.25, -0.2) is 18.4 Å². The van der Waals surface area contributed by atoms with Crippen LogP contribution in [-0.2, 0) is 21.3 Å². The first kappa shape index (κ1) is 14.1. The summed E-state index contributed by atoms with van der Waals surface area (Å²) in [6.45, 7) is 2.49. The van der Waals surface area contributed by atoms with Gasteiger partial charge in [-0.3, -0.25) is 0 Å². The van der Waals surface area contributed by atoms with Crippen LogP contribution in [-0.4, -0.2) is 25.1 Å². The molecule has 106 valence electrons. The molecule has 6 nitrogen and oxygen atoms in total. The van der Waals surface area contributed by atoms with Crippen LogP contribution < -0.4 is 5.14 Å². The SMILES string of the molecule is CCCn1cc(S(N)(=O)=O)cc1C(=O)OC1CCC1. The van der Waals surface area contributed by atoms with Crippen LogP contribution in [0.1, 0.15) is 43.1 Å². The van der Waals surface area contributed by atoms with Gasteiger partial charge in [0, 0.05) is 12.7 Å². The highest BCUT2D eigenvalue weighted by Gasteiger charge is 2.25. The molecule has 0 bridgehead atoms. The maximum absolute atomic E-state index is 12.0. The molecular weight excluding hydrogens is 268 g/mol. The number of rotatable bonds is 5. The number of esters is 1. The van der Waals surface area contributed by atoms with Crippen molar-refractivity contribution < 1.29 is 17.9 Å². The van der Waals surface area contributed by atoms with E-state index in [0.29, 0.717) is 6.54 Å². The normalized spacial score (nSPS) is 16.1. The Bertz CT molecular complexity index is 573. The molecule has 0 saturated heterocycles. The van der Waals surface area contributed by atoms with Crippen molar-refractivity contribution in [3.05, 3.63) is 18.0 Å². The van der Waals surface area contributed by atoms with Gasteiger partial charge < -0.3 is 9.30 Å². The van der Waals surface area contributed by atoms with Gasteiger partial charge in [0.2, 0.25) is 10.0 Å². The number of ether oxygens (including phenoxy) is 1. The van der Waals surface area contributed by atoms with E-state index in [1.807, 2.05) is 6.92 Å². The number of aryl methyl sites for hydroxylation is 1. The van der Waals surface area contributed by atoms with Crippen LogP contribution in [0.3, 0.4) is 0 Å². The average Bonchev–Trinajstić information content (AvgIpc) is 2.67. The van der Waals surface area contributed by atoms with Crippen molar-refractivity contribution in [2.24, 2.45) is 5.14 Å². The fourth-order valence-corrected chi connectivity index (χ4v) is 2.49. The largest absolute Gasteiger partial charge is 0.458 e. The van der Waals surface area contributed by atoms with Crippen molar-refractivity contribution in [2.45, 2.75) is 50.2 Å². The number of hydrogen-bond donors (Lipinski definition) is 1. The van der Waals surface area contributed by atoms with Crippen molar-refractivity contribution in [3.8, 4) is 0 Å². The molecule has 19 heavy (non-hydrogen) atoms. The molecule has 1 fully saturated rings. The molecule has 1 aromatic heterocycles. The number of aromatic nitrogens is 1. The molecule has 0 radical (unpaired) electrons. The molecule has 0 spiro atoms. The van der Waals surface area contributed by atoms with Crippen LogP contribution in [0.4, 0.5) is 0 Å². The van der Waals surface area contributed by atoms with Crippen LogP contribution in [0.2, 0.25) is 0 Å². The second-order valence-electron chi connectivity index (χ2n) is 4.76. The van der Waals surface area contributed by atoms with Crippen LogP contribution in [0.15, 0.2) is 17.2 Å². The van der Waals surface area contributed by atoms with E-state index in [2.05, 4.69) is 0 Å². The molecule has 2 N–H and O–H groups in total. The highest BCUT2D eigenvalue weighted by molar-refractivity contribution is 7.89. The Morgan fingerprint density at radius 1 is 1.53 bits per heavy atom. The first-order valence-electron chi connectivity index (χ1n) is 6.35. The lowest BCUT2D eigenvalue weighted by molar-refractivity contribution is 0.00786. The van der Waals surface area contributed by atoms with E-state index < -0.39 is 16.0 Å². The molecule has 0 unspecified atom stereocenters. The van der Waals surface area contributed by atoms with Crippen LogP contribution >= 0.6 is 0 Å². The van der Waals surface area contributed by atoms with Crippen molar-refractivity contribution in [1.82, 2.24) is 4.57 Å². The second-order valence-corrected chi connectivity index (χ2v) is 6.32. The lowest BCUT2D eigenvalue weighted by atomic mass is 9.96. The zero-order valence-corrected chi connectivity index (χ0v) is 11.6. The number of hydrogen-bond acceptors (Lipinski definition) is 4. The Labute approximate surface area is 112 Å². The van der Waals surface area contributed by atoms with E-state index in [1.165, 1.54) is 12.3 Å². The summed E-state index contributed by atoms with van der Waals surface area (Å²) in [6, 6.07) is 1.28. The van der Waals surface area contributed by atoms with Crippen molar-refractivity contribution in [2.75, 3.05) is 0 Å². The van der Waals surface area contributed by atoms with Gasteiger partial charge in [0.05, 0.1) is 0 Å². The Hall–Kier alpha value is -1.34. The van der Waals surface area contributed by atoms with Gasteiger partial charge in [-0.05, 0) is 31.7 Å². The molecule has 1 heterocycles. The third-order valence-electron chi connectivity index (χ3n) is 3.20. The van der Waals surface area contributed by atoms with Crippen molar-refractivity contribution >= 4 is 16.0 Å². The minimum absolute atomic E-state index is 0.0320. The number of carbonyl (C=O) groups excluding carboxylic acids is 1. The third-order valence-corrected chi connectivity index (χ3v) is 4.08. The maximum atomic E-state index is 12.0. The van der Waals surface area contributed by atoms with E-state index in [1.54, 1.807) is 4.57 Å². The standard InChI is InChI=1S/C12H18N2O4S/c1-2-6-14-8-10(19(13,16)17)7-11(14)12(15)18-9-4-3-5-9/h7-9H,2-6H2,1H3,(H2,13,16,17). The molecule has 1 aromatic rings. The number of nitrogens with two attached hydrogens (primary N) is 1. The predicted octanol–water partition coefficient (Wildman–Crippen LogP) is 1.25. The zero-order chi connectivity index (χ0) is 14.0. The number of nitrogens with zero attached hydrogens (tertiary/aromatic N) is 1. The molecule has 0 amide bonds. The molecule has 1 aliphatic carbocycles. The summed E-state index contributed by atoms with van der Waals surface area (Å²) in [5.74, 6) is -0.479. The Kier molecular flexibility index (Phi) is 3.96. The molecule has 2 rings (SSSR count). The fourth-order valence-electron chi connectivity index (χ4n) is 1.94. The quantitative estimate of drug-likeness (QED) is 0.825. The van der Waals surface area contributed by atoms with Gasteiger partial charge in [0.25, 0.3) is 0 Å². The monoisotopic (exact) mass is 286 g/mol. The summed E-state index contributed by atoms with van der Waals surface area (Å²) >= 11 is 0. The van der Waals surface area contributed by atoms with Gasteiger partial charge in [0.1, 0.15) is 16.7 Å². The molecule has 0 atom stereocenters. The Morgan fingerprint density at radius 2 is 2.21 bits per heavy atom. The molecule has 0 aliphatic heterocycles. The molecule has 0 aromatic carbocycles. The first-order valence-corrected chi connectivity index (χ1v) is 7.90. The Morgan fingerprint density at radius 3 is 2.68 bits per heavy atom. The minimum Gasteiger partial charge on any atom is -0.458 e. The fraction of sp³-hybridized carbons (Fsp3) is 0.583. The molecule has 1 saturated carbocycles. The summed E-state index contributed by atoms with van der Waals surface area (Å²) in [5.41, 5.74) is 0.248. The predicted molar refractivity (Wildman–Crippen MR) is 69.2 cm³/mol. The van der Waals surface area contributed by atoms with E-state index in [-0.39, 0.29) is 16.7 Å².